The van der Waals surface area contributed by atoms with Gasteiger partial charge >= 0.3 is 0 Å². The van der Waals surface area contributed by atoms with Gasteiger partial charge in [0.2, 0.25) is 5.91 Å². The first kappa shape index (κ1) is 21.6. The van der Waals surface area contributed by atoms with Crippen molar-refractivity contribution in [3.05, 3.63) is 30.1 Å². The molecular weight excluding hydrogens is 424 g/mol. The van der Waals surface area contributed by atoms with E-state index in [1.54, 1.807) is 0 Å². The number of nitrogens with zero attached hydrogens (tertiary/aromatic N) is 5. The molecule has 2 fully saturated rings. The number of carbonyl (C=O) groups is 1. The van der Waals surface area contributed by atoms with Crippen molar-refractivity contribution in [2.75, 3.05) is 38.5 Å². The molecule has 9 heteroatoms. The molecule has 0 saturated carbocycles. The number of aromatic nitrogens is 4. The third kappa shape index (κ3) is 5.05. The summed E-state index contributed by atoms with van der Waals surface area (Å²) in [7, 11) is 0. The fourth-order valence-electron chi connectivity index (χ4n) is 4.43. The number of ether oxygens (including phenoxy) is 1. The SMILES string of the molecule is O=C(CSc1nc2ccccc2c2nc(CCN3CCCCC3)nn12)NCC1CCCO1. The molecule has 2 aliphatic rings. The number of thioether (sulfide) groups is 1. The van der Waals surface area contributed by atoms with Gasteiger partial charge < -0.3 is 15.0 Å². The third-order valence-electron chi connectivity index (χ3n) is 6.18. The second kappa shape index (κ2) is 10.1. The van der Waals surface area contributed by atoms with E-state index in [9.17, 15) is 4.79 Å². The molecule has 0 radical (unpaired) electrons. The van der Waals surface area contributed by atoms with Gasteiger partial charge in [-0.1, -0.05) is 30.3 Å². The number of benzene rings is 1. The molecule has 8 nitrogen and oxygen atoms in total. The molecule has 0 aliphatic carbocycles. The molecule has 1 N–H and O–H groups in total. The molecule has 32 heavy (non-hydrogen) atoms. The Bertz CT molecular complexity index is 1070. The van der Waals surface area contributed by atoms with Crippen molar-refractivity contribution in [2.45, 2.75) is 49.8 Å². The van der Waals surface area contributed by atoms with Crippen LogP contribution in [0.2, 0.25) is 0 Å². The largest absolute Gasteiger partial charge is 0.376 e. The van der Waals surface area contributed by atoms with Crippen molar-refractivity contribution >= 4 is 34.2 Å². The summed E-state index contributed by atoms with van der Waals surface area (Å²) in [5.74, 6) is 1.10. The number of para-hydroxylation sites is 1. The van der Waals surface area contributed by atoms with E-state index in [-0.39, 0.29) is 17.8 Å². The Labute approximate surface area is 192 Å². The Kier molecular flexibility index (Phi) is 6.85. The standard InChI is InChI=1S/C23H30N6O2S/c30-21(24-15-17-7-6-14-31-17)16-32-23-25-19-9-3-2-8-18(19)22-26-20(27-29(22)23)10-13-28-11-4-1-5-12-28/h2-3,8-9,17H,1,4-7,10-16H2,(H,24,30). The van der Waals surface area contributed by atoms with Crippen LogP contribution in [0.5, 0.6) is 0 Å². The quantitative estimate of drug-likeness (QED) is 0.414. The van der Waals surface area contributed by atoms with E-state index in [1.165, 1.54) is 44.1 Å². The van der Waals surface area contributed by atoms with Gasteiger partial charge in [0.05, 0.1) is 17.4 Å². The van der Waals surface area contributed by atoms with Gasteiger partial charge in [0.15, 0.2) is 16.6 Å². The highest BCUT2D eigenvalue weighted by Gasteiger charge is 2.18. The predicted octanol–water partition coefficient (Wildman–Crippen LogP) is 2.69. The van der Waals surface area contributed by atoms with Crippen LogP contribution in [0, 0.1) is 0 Å². The number of carbonyl (C=O) groups excluding carboxylic acids is 1. The number of rotatable bonds is 8. The number of piperidine rings is 1. The van der Waals surface area contributed by atoms with E-state index in [1.807, 2.05) is 28.8 Å². The van der Waals surface area contributed by atoms with Crippen molar-refractivity contribution in [3.63, 3.8) is 0 Å². The lowest BCUT2D eigenvalue weighted by molar-refractivity contribution is -0.119. The Balaban J connectivity index is 1.31. The summed E-state index contributed by atoms with van der Waals surface area (Å²) in [5, 5.41) is 9.44. The normalized spacial score (nSPS) is 19.7. The van der Waals surface area contributed by atoms with Crippen LogP contribution >= 0.6 is 11.8 Å². The van der Waals surface area contributed by atoms with Gasteiger partial charge in [0, 0.05) is 31.5 Å². The van der Waals surface area contributed by atoms with Crippen molar-refractivity contribution in [1.82, 2.24) is 29.8 Å². The fourth-order valence-corrected chi connectivity index (χ4v) is 5.20. The first-order valence-corrected chi connectivity index (χ1v) is 12.6. The molecule has 1 aromatic carbocycles. The second-order valence-corrected chi connectivity index (χ2v) is 9.50. The molecular formula is C23H30N6O2S. The maximum atomic E-state index is 12.4. The molecule has 0 spiro atoms. The van der Waals surface area contributed by atoms with Gasteiger partial charge in [-0.25, -0.2) is 9.97 Å². The zero-order chi connectivity index (χ0) is 21.8. The van der Waals surface area contributed by atoms with E-state index in [0.29, 0.717) is 11.7 Å². The number of likely N-dealkylation sites (tertiary alicyclic amines) is 1. The number of nitrogens with one attached hydrogen (secondary N) is 1. The van der Waals surface area contributed by atoms with Gasteiger partial charge in [-0.2, -0.15) is 4.52 Å². The van der Waals surface area contributed by atoms with E-state index >= 15 is 0 Å². The lowest BCUT2D eigenvalue weighted by Gasteiger charge is -2.25. The lowest BCUT2D eigenvalue weighted by Crippen LogP contribution is -2.33. The molecule has 5 rings (SSSR count). The highest BCUT2D eigenvalue weighted by Crippen LogP contribution is 2.24. The molecule has 170 valence electrons. The molecule has 1 atom stereocenters. The second-order valence-electron chi connectivity index (χ2n) is 8.56. The summed E-state index contributed by atoms with van der Waals surface area (Å²) < 4.78 is 7.39. The monoisotopic (exact) mass is 454 g/mol. The maximum absolute atomic E-state index is 12.4. The number of hydrogen-bond acceptors (Lipinski definition) is 7. The summed E-state index contributed by atoms with van der Waals surface area (Å²) in [6, 6.07) is 7.99. The summed E-state index contributed by atoms with van der Waals surface area (Å²) in [4.78, 5) is 24.5. The molecule has 1 amide bonds. The minimum Gasteiger partial charge on any atom is -0.376 e. The number of fused-ring (bicyclic) bond motifs is 3. The average Bonchev–Trinajstić information content (AvgIpc) is 3.51. The van der Waals surface area contributed by atoms with Gasteiger partial charge in [0.1, 0.15) is 0 Å². The lowest BCUT2D eigenvalue weighted by atomic mass is 10.1. The van der Waals surface area contributed by atoms with Crippen LogP contribution in [0.1, 0.15) is 37.9 Å². The molecule has 3 aromatic rings. The van der Waals surface area contributed by atoms with Crippen LogP contribution in [-0.4, -0.2) is 75.0 Å². The van der Waals surface area contributed by atoms with Gasteiger partial charge in [-0.3, -0.25) is 4.79 Å². The summed E-state index contributed by atoms with van der Waals surface area (Å²) in [5.41, 5.74) is 1.68. The fraction of sp³-hybridized carbons (Fsp3) is 0.565. The van der Waals surface area contributed by atoms with E-state index in [0.717, 1.165) is 54.8 Å². The first-order valence-electron chi connectivity index (χ1n) is 11.6. The third-order valence-corrected chi connectivity index (χ3v) is 7.11. The van der Waals surface area contributed by atoms with Crippen LogP contribution in [0.4, 0.5) is 0 Å². The highest BCUT2D eigenvalue weighted by atomic mass is 32.2. The average molecular weight is 455 g/mol. The molecule has 4 heterocycles. The molecule has 0 bridgehead atoms. The molecule has 1 unspecified atom stereocenters. The highest BCUT2D eigenvalue weighted by molar-refractivity contribution is 7.99. The Morgan fingerprint density at radius 2 is 2.03 bits per heavy atom. The van der Waals surface area contributed by atoms with Gasteiger partial charge in [0.25, 0.3) is 0 Å². The number of amides is 1. The van der Waals surface area contributed by atoms with Crippen LogP contribution in [0.3, 0.4) is 0 Å². The van der Waals surface area contributed by atoms with Gasteiger partial charge in [-0.15, -0.1) is 5.10 Å². The van der Waals surface area contributed by atoms with Crippen LogP contribution in [0.15, 0.2) is 29.4 Å². The maximum Gasteiger partial charge on any atom is 0.230 e. The minimum atomic E-state index is -0.0148. The van der Waals surface area contributed by atoms with Crippen LogP contribution in [0.25, 0.3) is 16.6 Å². The molecule has 2 aliphatic heterocycles. The topological polar surface area (TPSA) is 84.7 Å². The van der Waals surface area contributed by atoms with E-state index in [4.69, 9.17) is 19.8 Å². The zero-order valence-corrected chi connectivity index (χ0v) is 19.1. The van der Waals surface area contributed by atoms with Crippen molar-refractivity contribution in [1.29, 1.82) is 0 Å². The summed E-state index contributed by atoms with van der Waals surface area (Å²) >= 11 is 1.40. The zero-order valence-electron chi connectivity index (χ0n) is 18.3. The smallest absolute Gasteiger partial charge is 0.230 e. The Morgan fingerprint density at radius 1 is 1.16 bits per heavy atom. The minimum absolute atomic E-state index is 0.0148. The Hall–Kier alpha value is -2.23. The van der Waals surface area contributed by atoms with Crippen LogP contribution in [-0.2, 0) is 16.0 Å². The summed E-state index contributed by atoms with van der Waals surface area (Å²) in [6.45, 7) is 4.68. The van der Waals surface area contributed by atoms with Crippen molar-refractivity contribution < 1.29 is 9.53 Å². The first-order chi connectivity index (χ1) is 15.8. The van der Waals surface area contributed by atoms with E-state index in [2.05, 4.69) is 10.2 Å². The van der Waals surface area contributed by atoms with Gasteiger partial charge in [-0.05, 0) is 50.9 Å². The Morgan fingerprint density at radius 3 is 2.88 bits per heavy atom. The van der Waals surface area contributed by atoms with E-state index < -0.39 is 0 Å². The van der Waals surface area contributed by atoms with Crippen LogP contribution < -0.4 is 5.32 Å². The predicted molar refractivity (Wildman–Crippen MR) is 125 cm³/mol. The van der Waals surface area contributed by atoms with Crippen molar-refractivity contribution in [2.24, 2.45) is 0 Å². The molecule has 2 aromatic heterocycles. The molecule has 2 saturated heterocycles. The van der Waals surface area contributed by atoms with Crippen molar-refractivity contribution in [3.8, 4) is 0 Å². The number of hydrogen-bond donors (Lipinski definition) is 1. The summed E-state index contributed by atoms with van der Waals surface area (Å²) in [6.07, 6.45) is 6.95.